The predicted molar refractivity (Wildman–Crippen MR) is 104 cm³/mol. The summed E-state index contributed by atoms with van der Waals surface area (Å²) in [6.45, 7) is 2.82. The first-order chi connectivity index (χ1) is 13.5. The highest BCUT2D eigenvalue weighted by Gasteiger charge is 2.32. The molecule has 2 aliphatic heterocycles. The number of likely N-dealkylation sites (N-methyl/N-ethyl adjacent to an activating group) is 1. The Morgan fingerprint density at radius 2 is 2.11 bits per heavy atom. The van der Waals surface area contributed by atoms with Crippen molar-refractivity contribution in [1.29, 1.82) is 0 Å². The Hall–Kier alpha value is -2.65. The number of para-hydroxylation sites is 1. The summed E-state index contributed by atoms with van der Waals surface area (Å²) < 4.78 is 8.91. The Kier molecular flexibility index (Phi) is 4.94. The highest BCUT2D eigenvalue weighted by atomic mass is 16.5. The van der Waals surface area contributed by atoms with Crippen LogP contribution in [-0.4, -0.2) is 60.3 Å². The lowest BCUT2D eigenvalue weighted by atomic mass is 10.1. The van der Waals surface area contributed by atoms with Gasteiger partial charge in [-0.05, 0) is 25.6 Å². The number of morpholine rings is 1. The summed E-state index contributed by atoms with van der Waals surface area (Å²) in [5.74, 6) is -0.712. The number of anilines is 1. The molecule has 9 nitrogen and oxygen atoms in total. The topological polar surface area (TPSA) is 97.6 Å². The second-order valence-corrected chi connectivity index (χ2v) is 7.32. The van der Waals surface area contributed by atoms with Crippen molar-refractivity contribution in [3.05, 3.63) is 28.7 Å². The summed E-state index contributed by atoms with van der Waals surface area (Å²) in [6, 6.07) is 5.08. The number of nitrogens with one attached hydrogen (secondary N) is 2. The number of hydrogen-bond acceptors (Lipinski definition) is 6. The van der Waals surface area contributed by atoms with Crippen LogP contribution in [0.5, 0.6) is 0 Å². The van der Waals surface area contributed by atoms with Gasteiger partial charge >= 0.3 is 5.69 Å². The molecule has 1 aromatic carbocycles. The normalized spacial score (nSPS) is 23.3. The minimum atomic E-state index is -0.675. The van der Waals surface area contributed by atoms with E-state index in [0.29, 0.717) is 18.5 Å². The molecule has 1 unspecified atom stereocenters. The molecule has 9 heteroatoms. The van der Waals surface area contributed by atoms with Gasteiger partial charge in [0.1, 0.15) is 6.04 Å². The van der Waals surface area contributed by atoms with Gasteiger partial charge < -0.3 is 15.0 Å². The third kappa shape index (κ3) is 3.10. The SMILES string of the molecule is CNC[C@@H]1CN(c2cccc3c2n(C)c(=O)n3C2CCC(=O)NC2=O)CCO1. The number of amides is 2. The third-order valence-corrected chi connectivity index (χ3v) is 5.51. The van der Waals surface area contributed by atoms with E-state index in [9.17, 15) is 14.4 Å². The number of fused-ring (bicyclic) bond motifs is 1. The average molecular weight is 387 g/mol. The monoisotopic (exact) mass is 387 g/mol. The number of carbonyl (C=O) groups excluding carboxylic acids is 2. The molecule has 0 bridgehead atoms. The molecule has 2 fully saturated rings. The third-order valence-electron chi connectivity index (χ3n) is 5.51. The van der Waals surface area contributed by atoms with E-state index in [0.717, 1.165) is 30.8 Å². The van der Waals surface area contributed by atoms with Crippen LogP contribution in [0.15, 0.2) is 23.0 Å². The van der Waals surface area contributed by atoms with E-state index in [2.05, 4.69) is 15.5 Å². The van der Waals surface area contributed by atoms with Crippen LogP contribution >= 0.6 is 0 Å². The Bertz CT molecular complexity index is 977. The average Bonchev–Trinajstić information content (AvgIpc) is 2.93. The van der Waals surface area contributed by atoms with E-state index in [-0.39, 0.29) is 24.1 Å². The van der Waals surface area contributed by atoms with Crippen LogP contribution in [0.2, 0.25) is 0 Å². The van der Waals surface area contributed by atoms with Crippen LogP contribution in [0, 0.1) is 0 Å². The molecule has 0 aliphatic carbocycles. The van der Waals surface area contributed by atoms with Crippen molar-refractivity contribution < 1.29 is 14.3 Å². The lowest BCUT2D eigenvalue weighted by molar-refractivity contribution is -0.135. The highest BCUT2D eigenvalue weighted by Crippen LogP contribution is 2.30. The van der Waals surface area contributed by atoms with E-state index < -0.39 is 11.9 Å². The molecule has 2 saturated heterocycles. The van der Waals surface area contributed by atoms with Crippen LogP contribution in [0.4, 0.5) is 5.69 Å². The molecule has 28 heavy (non-hydrogen) atoms. The fourth-order valence-corrected chi connectivity index (χ4v) is 4.19. The van der Waals surface area contributed by atoms with Crippen molar-refractivity contribution in [2.45, 2.75) is 25.0 Å². The Morgan fingerprint density at radius 1 is 1.29 bits per heavy atom. The number of imide groups is 1. The van der Waals surface area contributed by atoms with Gasteiger partial charge in [-0.15, -0.1) is 0 Å². The maximum absolute atomic E-state index is 13.0. The van der Waals surface area contributed by atoms with Crippen molar-refractivity contribution in [3.8, 4) is 0 Å². The van der Waals surface area contributed by atoms with Gasteiger partial charge in [0.2, 0.25) is 11.8 Å². The Morgan fingerprint density at radius 3 is 2.86 bits per heavy atom. The summed E-state index contributed by atoms with van der Waals surface area (Å²) in [7, 11) is 3.62. The van der Waals surface area contributed by atoms with E-state index in [1.807, 2.05) is 25.2 Å². The van der Waals surface area contributed by atoms with E-state index in [4.69, 9.17) is 4.74 Å². The molecule has 0 spiro atoms. The van der Waals surface area contributed by atoms with Crippen molar-refractivity contribution >= 4 is 28.5 Å². The number of piperidine rings is 1. The van der Waals surface area contributed by atoms with Gasteiger partial charge in [0, 0.05) is 33.1 Å². The highest BCUT2D eigenvalue weighted by molar-refractivity contribution is 6.00. The van der Waals surface area contributed by atoms with Gasteiger partial charge in [-0.2, -0.15) is 0 Å². The Labute approximate surface area is 162 Å². The van der Waals surface area contributed by atoms with Crippen molar-refractivity contribution in [3.63, 3.8) is 0 Å². The van der Waals surface area contributed by atoms with Crippen molar-refractivity contribution in [1.82, 2.24) is 19.8 Å². The lowest BCUT2D eigenvalue weighted by Crippen LogP contribution is -2.46. The molecule has 150 valence electrons. The molecular weight excluding hydrogens is 362 g/mol. The van der Waals surface area contributed by atoms with E-state index >= 15 is 0 Å². The lowest BCUT2D eigenvalue weighted by Gasteiger charge is -2.35. The van der Waals surface area contributed by atoms with E-state index in [1.165, 1.54) is 4.57 Å². The minimum absolute atomic E-state index is 0.0725. The van der Waals surface area contributed by atoms with Gasteiger partial charge in [-0.25, -0.2) is 4.79 Å². The smallest absolute Gasteiger partial charge is 0.329 e. The molecule has 2 amide bonds. The number of ether oxygens (including phenoxy) is 1. The summed E-state index contributed by atoms with van der Waals surface area (Å²) in [4.78, 5) is 39.1. The molecule has 3 heterocycles. The molecule has 2 aromatic rings. The largest absolute Gasteiger partial charge is 0.373 e. The number of aryl methyl sites for hydroxylation is 1. The van der Waals surface area contributed by atoms with Gasteiger partial charge in [-0.1, -0.05) is 6.07 Å². The molecule has 2 atom stereocenters. The second-order valence-electron chi connectivity index (χ2n) is 7.32. The van der Waals surface area contributed by atoms with Crippen LogP contribution in [0.25, 0.3) is 11.0 Å². The molecular formula is C19H25N5O4. The summed E-state index contributed by atoms with van der Waals surface area (Å²) in [5.41, 5.74) is 2.20. The van der Waals surface area contributed by atoms with E-state index in [1.54, 1.807) is 11.6 Å². The predicted octanol–water partition coefficient (Wildman–Crippen LogP) is -0.258. The molecule has 0 saturated carbocycles. The number of benzene rings is 1. The molecule has 4 rings (SSSR count). The fraction of sp³-hybridized carbons (Fsp3) is 0.526. The summed E-state index contributed by atoms with van der Waals surface area (Å²) in [5, 5.41) is 5.49. The van der Waals surface area contributed by atoms with Crippen LogP contribution < -0.4 is 21.2 Å². The maximum atomic E-state index is 13.0. The summed E-state index contributed by atoms with van der Waals surface area (Å²) in [6.07, 6.45) is 0.632. The Balaban J connectivity index is 1.78. The molecule has 0 radical (unpaired) electrons. The molecule has 1 aromatic heterocycles. The zero-order valence-corrected chi connectivity index (χ0v) is 16.1. The number of aromatic nitrogens is 2. The first kappa shape index (κ1) is 18.7. The van der Waals surface area contributed by atoms with Gasteiger partial charge in [0.25, 0.3) is 0 Å². The quantitative estimate of drug-likeness (QED) is 0.702. The fourth-order valence-electron chi connectivity index (χ4n) is 4.19. The standard InChI is InChI=1S/C19H25N5O4/c1-20-10-12-11-23(8-9-28-12)13-4-3-5-14-17(13)22(2)19(27)24(14)15-6-7-16(25)21-18(15)26/h3-5,12,15,20H,6-11H2,1-2H3,(H,21,25,26)/t12-,15?/m1/s1. The molecule has 2 aliphatic rings. The number of hydrogen-bond donors (Lipinski definition) is 2. The van der Waals surface area contributed by atoms with Gasteiger partial charge in [0.15, 0.2) is 0 Å². The van der Waals surface area contributed by atoms with Crippen molar-refractivity contribution in [2.75, 3.05) is 38.2 Å². The van der Waals surface area contributed by atoms with Crippen LogP contribution in [-0.2, 0) is 21.4 Å². The minimum Gasteiger partial charge on any atom is -0.373 e. The molecule has 2 N–H and O–H groups in total. The van der Waals surface area contributed by atoms with Gasteiger partial charge in [-0.3, -0.25) is 24.0 Å². The first-order valence-electron chi connectivity index (χ1n) is 9.56. The van der Waals surface area contributed by atoms with Crippen molar-refractivity contribution in [2.24, 2.45) is 7.05 Å². The van der Waals surface area contributed by atoms with Crippen LogP contribution in [0.1, 0.15) is 18.9 Å². The first-order valence-corrected chi connectivity index (χ1v) is 9.56. The summed E-state index contributed by atoms with van der Waals surface area (Å²) >= 11 is 0. The number of rotatable bonds is 4. The number of imidazole rings is 1. The second kappa shape index (κ2) is 7.40. The maximum Gasteiger partial charge on any atom is 0.329 e. The van der Waals surface area contributed by atoms with Gasteiger partial charge in [0.05, 0.1) is 29.4 Å². The number of carbonyl (C=O) groups is 2. The van der Waals surface area contributed by atoms with Crippen LogP contribution in [0.3, 0.4) is 0 Å². The number of nitrogens with zero attached hydrogens (tertiary/aromatic N) is 3. The zero-order valence-electron chi connectivity index (χ0n) is 16.1. The zero-order chi connectivity index (χ0) is 19.8.